The Morgan fingerprint density at radius 1 is 1.27 bits per heavy atom. The van der Waals surface area contributed by atoms with Crippen molar-refractivity contribution in [2.45, 2.75) is 6.54 Å². The fourth-order valence-corrected chi connectivity index (χ4v) is 2.43. The Morgan fingerprint density at radius 3 is 2.77 bits per heavy atom. The molecular formula is C17H17ClN3O+. The Balaban J connectivity index is 1.93. The maximum Gasteiger partial charge on any atom is 0.279 e. The van der Waals surface area contributed by atoms with Gasteiger partial charge in [0.05, 0.1) is 18.3 Å². The lowest BCUT2D eigenvalue weighted by atomic mass is 10.2. The van der Waals surface area contributed by atoms with Gasteiger partial charge < -0.3 is 10.2 Å². The molecule has 0 saturated carbocycles. The number of quaternary nitrogens is 1. The van der Waals surface area contributed by atoms with Gasteiger partial charge in [0.25, 0.3) is 5.91 Å². The third kappa shape index (κ3) is 4.59. The summed E-state index contributed by atoms with van der Waals surface area (Å²) in [7, 11) is 1.94. The van der Waals surface area contributed by atoms with Crippen LogP contribution in [0.1, 0.15) is 11.1 Å². The second-order valence-corrected chi connectivity index (χ2v) is 5.58. The summed E-state index contributed by atoms with van der Waals surface area (Å²) < 4.78 is 0. The first kappa shape index (κ1) is 16.0. The van der Waals surface area contributed by atoms with E-state index in [9.17, 15) is 4.79 Å². The molecule has 4 nitrogen and oxygen atoms in total. The topological polar surface area (TPSA) is 57.3 Å². The van der Waals surface area contributed by atoms with E-state index < -0.39 is 0 Å². The molecule has 0 radical (unpaired) electrons. The number of rotatable bonds is 5. The van der Waals surface area contributed by atoms with E-state index in [0.29, 0.717) is 29.4 Å². The summed E-state index contributed by atoms with van der Waals surface area (Å²) in [4.78, 5) is 13.1. The summed E-state index contributed by atoms with van der Waals surface area (Å²) in [5.41, 5.74) is 2.09. The van der Waals surface area contributed by atoms with Crippen LogP contribution in [0.25, 0.3) is 0 Å². The van der Waals surface area contributed by atoms with Gasteiger partial charge in [-0.3, -0.25) is 4.79 Å². The van der Waals surface area contributed by atoms with Crippen LogP contribution >= 0.6 is 11.6 Å². The number of hydrogen-bond acceptors (Lipinski definition) is 2. The predicted molar refractivity (Wildman–Crippen MR) is 86.7 cm³/mol. The molecule has 0 aliphatic rings. The second kappa shape index (κ2) is 7.60. The largest absolute Gasteiger partial charge is 0.326 e. The van der Waals surface area contributed by atoms with Crippen molar-refractivity contribution in [3.05, 3.63) is 64.7 Å². The molecule has 1 atom stereocenters. The standard InChI is InChI=1S/C17H16ClN3O/c1-21(11-13-5-4-7-15(18)9-13)12-17(22)20-16-8-3-2-6-14(16)10-19/h2-9H,11-12H2,1H3,(H,20,22)/p+1. The van der Waals surface area contributed by atoms with E-state index in [4.69, 9.17) is 16.9 Å². The highest BCUT2D eigenvalue weighted by molar-refractivity contribution is 6.30. The van der Waals surface area contributed by atoms with Gasteiger partial charge in [0.1, 0.15) is 12.6 Å². The Bertz CT molecular complexity index is 709. The average Bonchev–Trinajstić information content (AvgIpc) is 2.47. The van der Waals surface area contributed by atoms with E-state index in [1.807, 2.05) is 31.3 Å². The van der Waals surface area contributed by atoms with Gasteiger partial charge in [-0.15, -0.1) is 0 Å². The third-order valence-corrected chi connectivity index (χ3v) is 3.41. The number of nitrogens with one attached hydrogen (secondary N) is 2. The molecular weight excluding hydrogens is 298 g/mol. The van der Waals surface area contributed by atoms with Crippen molar-refractivity contribution in [2.24, 2.45) is 0 Å². The lowest BCUT2D eigenvalue weighted by Crippen LogP contribution is -3.08. The van der Waals surface area contributed by atoms with Crippen LogP contribution in [0.2, 0.25) is 5.02 Å². The summed E-state index contributed by atoms with van der Waals surface area (Å²) >= 11 is 5.96. The van der Waals surface area contributed by atoms with E-state index in [-0.39, 0.29) is 5.91 Å². The van der Waals surface area contributed by atoms with Gasteiger partial charge in [0, 0.05) is 10.6 Å². The molecule has 2 aromatic rings. The van der Waals surface area contributed by atoms with Crippen LogP contribution in [-0.4, -0.2) is 19.5 Å². The number of nitrogens with zero attached hydrogens (tertiary/aromatic N) is 1. The van der Waals surface area contributed by atoms with E-state index in [2.05, 4.69) is 11.4 Å². The number of likely N-dealkylation sites (N-methyl/N-ethyl adjacent to an activating group) is 1. The quantitative estimate of drug-likeness (QED) is 0.885. The molecule has 0 aromatic heterocycles. The highest BCUT2D eigenvalue weighted by Gasteiger charge is 2.12. The lowest BCUT2D eigenvalue weighted by Gasteiger charge is -2.14. The number of carbonyl (C=O) groups excluding carboxylic acids is 1. The first-order valence-corrected chi connectivity index (χ1v) is 7.31. The number of amides is 1. The molecule has 112 valence electrons. The number of carbonyl (C=O) groups is 1. The maximum absolute atomic E-state index is 12.1. The Morgan fingerprint density at radius 2 is 2.05 bits per heavy atom. The van der Waals surface area contributed by atoms with Crippen LogP contribution < -0.4 is 10.2 Å². The van der Waals surface area contributed by atoms with Gasteiger partial charge >= 0.3 is 0 Å². The molecule has 0 aliphatic heterocycles. The SMILES string of the molecule is C[NH+](CC(=O)Nc1ccccc1C#N)Cc1cccc(Cl)c1. The zero-order valence-electron chi connectivity index (χ0n) is 12.3. The molecule has 1 amide bonds. The van der Waals surface area contributed by atoms with Gasteiger partial charge in [-0.2, -0.15) is 5.26 Å². The van der Waals surface area contributed by atoms with Gasteiger partial charge in [-0.05, 0) is 24.3 Å². The van der Waals surface area contributed by atoms with Crippen molar-refractivity contribution in [3.63, 3.8) is 0 Å². The highest BCUT2D eigenvalue weighted by Crippen LogP contribution is 2.13. The van der Waals surface area contributed by atoms with Crippen LogP contribution in [0, 0.1) is 11.3 Å². The molecule has 0 spiro atoms. The van der Waals surface area contributed by atoms with E-state index >= 15 is 0 Å². The fraction of sp³-hybridized carbons (Fsp3) is 0.176. The smallest absolute Gasteiger partial charge is 0.279 e. The van der Waals surface area contributed by atoms with Crippen molar-refractivity contribution in [3.8, 4) is 6.07 Å². The minimum atomic E-state index is -0.123. The van der Waals surface area contributed by atoms with E-state index in [1.54, 1.807) is 24.3 Å². The van der Waals surface area contributed by atoms with Crippen molar-refractivity contribution in [1.82, 2.24) is 0 Å². The van der Waals surface area contributed by atoms with Crippen LogP contribution in [0.15, 0.2) is 48.5 Å². The number of hydrogen-bond donors (Lipinski definition) is 2. The molecule has 0 heterocycles. The molecule has 2 rings (SSSR count). The number of benzene rings is 2. The molecule has 2 aromatic carbocycles. The first-order chi connectivity index (χ1) is 10.6. The normalized spacial score (nSPS) is 11.5. The number of halogens is 1. The minimum Gasteiger partial charge on any atom is -0.326 e. The van der Waals surface area contributed by atoms with Crippen molar-refractivity contribution in [1.29, 1.82) is 5.26 Å². The zero-order chi connectivity index (χ0) is 15.9. The highest BCUT2D eigenvalue weighted by atomic mass is 35.5. The third-order valence-electron chi connectivity index (χ3n) is 3.18. The Kier molecular flexibility index (Phi) is 5.54. The monoisotopic (exact) mass is 314 g/mol. The average molecular weight is 315 g/mol. The fourth-order valence-electron chi connectivity index (χ4n) is 2.22. The predicted octanol–water partition coefficient (Wildman–Crippen LogP) is 1.87. The Labute approximate surface area is 134 Å². The molecule has 0 aliphatic carbocycles. The summed E-state index contributed by atoms with van der Waals surface area (Å²) in [5.74, 6) is -0.123. The number of para-hydroxylation sites is 1. The molecule has 5 heteroatoms. The number of nitriles is 1. The van der Waals surface area contributed by atoms with Gasteiger partial charge in [0.15, 0.2) is 6.54 Å². The van der Waals surface area contributed by atoms with Crippen LogP contribution in [0.5, 0.6) is 0 Å². The van der Waals surface area contributed by atoms with Crippen molar-refractivity contribution in [2.75, 3.05) is 18.9 Å². The maximum atomic E-state index is 12.1. The molecule has 0 saturated heterocycles. The summed E-state index contributed by atoms with van der Waals surface area (Å²) in [5, 5.41) is 12.5. The Hall–Kier alpha value is -2.35. The van der Waals surface area contributed by atoms with E-state index in [0.717, 1.165) is 10.5 Å². The van der Waals surface area contributed by atoms with Gasteiger partial charge in [-0.25, -0.2) is 0 Å². The molecule has 22 heavy (non-hydrogen) atoms. The zero-order valence-corrected chi connectivity index (χ0v) is 13.0. The number of anilines is 1. The first-order valence-electron chi connectivity index (χ1n) is 6.93. The second-order valence-electron chi connectivity index (χ2n) is 5.15. The lowest BCUT2D eigenvalue weighted by molar-refractivity contribution is -0.885. The summed E-state index contributed by atoms with van der Waals surface area (Å²) in [6, 6.07) is 16.6. The molecule has 2 N–H and O–H groups in total. The molecule has 0 fully saturated rings. The minimum absolute atomic E-state index is 0.123. The van der Waals surface area contributed by atoms with Crippen LogP contribution in [0.3, 0.4) is 0 Å². The van der Waals surface area contributed by atoms with Crippen molar-refractivity contribution < 1.29 is 9.69 Å². The molecule has 1 unspecified atom stereocenters. The summed E-state index contributed by atoms with van der Waals surface area (Å²) in [6.45, 7) is 1.01. The van der Waals surface area contributed by atoms with Crippen LogP contribution in [-0.2, 0) is 11.3 Å². The molecule has 0 bridgehead atoms. The summed E-state index contributed by atoms with van der Waals surface area (Å²) in [6.07, 6.45) is 0. The van der Waals surface area contributed by atoms with Crippen LogP contribution in [0.4, 0.5) is 5.69 Å². The van der Waals surface area contributed by atoms with Gasteiger partial charge in [-0.1, -0.05) is 35.9 Å². The van der Waals surface area contributed by atoms with E-state index in [1.165, 1.54) is 0 Å². The van der Waals surface area contributed by atoms with Crippen molar-refractivity contribution >= 4 is 23.2 Å². The van der Waals surface area contributed by atoms with Gasteiger partial charge in [0.2, 0.25) is 0 Å².